The molecule has 0 aliphatic heterocycles. The zero-order valence-corrected chi connectivity index (χ0v) is 25.6. The molecule has 0 aromatic heterocycles. The molecule has 0 bridgehead atoms. The van der Waals surface area contributed by atoms with Crippen molar-refractivity contribution in [2.24, 2.45) is 0 Å². The van der Waals surface area contributed by atoms with Crippen LogP contribution in [0.4, 0.5) is 0 Å². The van der Waals surface area contributed by atoms with Crippen LogP contribution in [0.2, 0.25) is 0 Å². The van der Waals surface area contributed by atoms with Gasteiger partial charge in [-0.25, -0.2) is 0 Å². The van der Waals surface area contributed by atoms with Gasteiger partial charge in [-0.2, -0.15) is 11.8 Å². The Morgan fingerprint density at radius 3 is 1.49 bits per heavy atom. The molecule has 0 saturated heterocycles. The van der Waals surface area contributed by atoms with Crippen LogP contribution >= 0.6 is 11.8 Å². The Morgan fingerprint density at radius 1 is 0.535 bits per heavy atom. The van der Waals surface area contributed by atoms with Gasteiger partial charge < -0.3 is 10.1 Å². The van der Waals surface area contributed by atoms with Gasteiger partial charge in [-0.15, -0.1) is 0 Å². The lowest BCUT2D eigenvalue weighted by molar-refractivity contribution is 0.0417. The van der Waals surface area contributed by atoms with E-state index >= 15 is 0 Å². The molecule has 0 spiro atoms. The molecule has 1 N–H and O–H groups in total. The summed E-state index contributed by atoms with van der Waals surface area (Å²) in [6.45, 7) is 4.69. The van der Waals surface area contributed by atoms with Crippen LogP contribution in [0, 0.1) is 0 Å². The summed E-state index contributed by atoms with van der Waals surface area (Å²) in [5.74, 6) is 0.957. The molecule has 0 amide bonds. The summed E-state index contributed by atoms with van der Waals surface area (Å²) < 4.78 is 6.55. The monoisotopic (exact) mass is 586 g/mol. The van der Waals surface area contributed by atoms with Crippen LogP contribution in [-0.2, 0) is 36.7 Å². The Labute approximate surface area is 261 Å². The number of hydrogen-bond acceptors (Lipinski definition) is 4. The van der Waals surface area contributed by atoms with Gasteiger partial charge in [-0.1, -0.05) is 152 Å². The van der Waals surface area contributed by atoms with Crippen molar-refractivity contribution in [1.29, 1.82) is 0 Å². The first-order valence-electron chi connectivity index (χ1n) is 15.2. The predicted molar refractivity (Wildman–Crippen MR) is 182 cm³/mol. The van der Waals surface area contributed by atoms with Crippen LogP contribution in [-0.4, -0.2) is 29.3 Å². The second-order valence-electron chi connectivity index (χ2n) is 10.9. The lowest BCUT2D eigenvalue weighted by Gasteiger charge is -2.37. The summed E-state index contributed by atoms with van der Waals surface area (Å²) in [4.78, 5) is 2.63. The molecule has 5 aromatic carbocycles. The first-order valence-corrected chi connectivity index (χ1v) is 16.2. The molecular weight excluding hydrogens is 545 g/mol. The van der Waals surface area contributed by atoms with E-state index in [1.807, 2.05) is 11.8 Å². The molecule has 0 heterocycles. The third-order valence-electron chi connectivity index (χ3n) is 7.58. The van der Waals surface area contributed by atoms with E-state index in [1.54, 1.807) is 0 Å². The lowest BCUT2D eigenvalue weighted by atomic mass is 10.1. The molecular formula is C39H42N2OS. The Morgan fingerprint density at radius 2 is 0.977 bits per heavy atom. The number of rotatable bonds is 17. The normalized spacial score (nSPS) is 12.7. The zero-order chi connectivity index (χ0) is 29.4. The van der Waals surface area contributed by atoms with E-state index in [1.165, 1.54) is 27.8 Å². The second kappa shape index (κ2) is 17.4. The van der Waals surface area contributed by atoms with E-state index in [9.17, 15) is 0 Å². The van der Waals surface area contributed by atoms with Crippen LogP contribution < -0.4 is 5.32 Å². The number of ether oxygens (including phenoxy) is 1. The van der Waals surface area contributed by atoms with E-state index in [-0.39, 0.29) is 6.04 Å². The maximum absolute atomic E-state index is 6.55. The van der Waals surface area contributed by atoms with Crippen LogP contribution in [0.5, 0.6) is 0 Å². The Balaban J connectivity index is 1.42. The quantitative estimate of drug-likeness (QED) is 0.118. The van der Waals surface area contributed by atoms with Crippen molar-refractivity contribution in [2.75, 3.05) is 13.2 Å². The first-order chi connectivity index (χ1) is 21.3. The van der Waals surface area contributed by atoms with Crippen LogP contribution in [0.25, 0.3) is 0 Å². The predicted octanol–water partition coefficient (Wildman–Crippen LogP) is 8.37. The molecule has 43 heavy (non-hydrogen) atoms. The van der Waals surface area contributed by atoms with E-state index in [0.29, 0.717) is 18.5 Å². The smallest absolute Gasteiger partial charge is 0.0717 e. The van der Waals surface area contributed by atoms with Gasteiger partial charge in [0.1, 0.15) is 0 Å². The molecule has 2 atom stereocenters. The van der Waals surface area contributed by atoms with Gasteiger partial charge >= 0.3 is 0 Å². The summed E-state index contributed by atoms with van der Waals surface area (Å²) in [6.07, 6.45) is 0. The minimum Gasteiger partial charge on any atom is -0.375 e. The van der Waals surface area contributed by atoms with Gasteiger partial charge in [0.2, 0.25) is 0 Å². The minimum absolute atomic E-state index is 0.182. The van der Waals surface area contributed by atoms with Crippen molar-refractivity contribution in [3.8, 4) is 0 Å². The standard InChI is InChI=1S/C39H42N2OS/c1-6-16-33(17-7-1)26-40-27-39(43-32-37-24-14-5-15-25-37)38(31-42-30-36-22-12-4-13-23-36)41(28-34-18-8-2-9-19-34)29-35-20-10-3-11-21-35/h1-25,38-40H,26-32H2/t38-,39-/m0/s1. The number of nitrogens with one attached hydrogen (secondary N) is 1. The molecule has 5 rings (SSSR count). The SMILES string of the molecule is c1ccc(CNC[C@H](SCc2ccccc2)[C@H](COCc2ccccc2)N(Cc2ccccc2)Cc2ccccc2)cc1. The van der Waals surface area contributed by atoms with Crippen molar-refractivity contribution >= 4 is 11.8 Å². The molecule has 5 aromatic rings. The maximum atomic E-state index is 6.55. The van der Waals surface area contributed by atoms with Crippen LogP contribution in [0.3, 0.4) is 0 Å². The van der Waals surface area contributed by atoms with E-state index in [0.717, 1.165) is 31.9 Å². The summed E-state index contributed by atoms with van der Waals surface area (Å²) in [5, 5.41) is 4.10. The zero-order valence-electron chi connectivity index (χ0n) is 24.8. The summed E-state index contributed by atoms with van der Waals surface area (Å²) in [7, 11) is 0. The van der Waals surface area contributed by atoms with Gasteiger partial charge in [0.05, 0.1) is 13.2 Å². The highest BCUT2D eigenvalue weighted by Crippen LogP contribution is 2.27. The Bertz CT molecular complexity index is 1380. The van der Waals surface area contributed by atoms with Crippen molar-refractivity contribution in [1.82, 2.24) is 10.2 Å². The van der Waals surface area contributed by atoms with Gasteiger partial charge in [0.15, 0.2) is 0 Å². The molecule has 4 heteroatoms. The van der Waals surface area contributed by atoms with Crippen LogP contribution in [0.15, 0.2) is 152 Å². The fourth-order valence-electron chi connectivity index (χ4n) is 5.28. The molecule has 3 nitrogen and oxygen atoms in total. The fourth-order valence-corrected chi connectivity index (χ4v) is 6.59. The maximum Gasteiger partial charge on any atom is 0.0717 e. The fraction of sp³-hybridized carbons (Fsp3) is 0.231. The molecule has 0 fully saturated rings. The van der Waals surface area contributed by atoms with E-state index < -0.39 is 0 Å². The topological polar surface area (TPSA) is 24.5 Å². The average molecular weight is 587 g/mol. The van der Waals surface area contributed by atoms with Crippen molar-refractivity contribution in [2.45, 2.75) is 43.3 Å². The third-order valence-corrected chi connectivity index (χ3v) is 8.99. The Kier molecular flexibility index (Phi) is 12.5. The summed E-state index contributed by atoms with van der Waals surface area (Å²) >= 11 is 2.03. The van der Waals surface area contributed by atoms with Gasteiger partial charge in [-0.3, -0.25) is 4.90 Å². The molecule has 0 aliphatic carbocycles. The molecule has 0 saturated carbocycles. The van der Waals surface area contributed by atoms with Gasteiger partial charge in [-0.05, 0) is 27.8 Å². The highest BCUT2D eigenvalue weighted by molar-refractivity contribution is 7.99. The molecule has 0 aliphatic rings. The van der Waals surface area contributed by atoms with Crippen molar-refractivity contribution in [3.63, 3.8) is 0 Å². The molecule has 0 radical (unpaired) electrons. The lowest BCUT2D eigenvalue weighted by Crippen LogP contribution is -2.48. The van der Waals surface area contributed by atoms with Crippen molar-refractivity contribution < 1.29 is 4.74 Å². The van der Waals surface area contributed by atoms with Gasteiger partial charge in [0.25, 0.3) is 0 Å². The molecule has 0 unspecified atom stereocenters. The summed E-state index contributed by atoms with van der Waals surface area (Å²) in [6, 6.07) is 53.9. The largest absolute Gasteiger partial charge is 0.375 e. The van der Waals surface area contributed by atoms with E-state index in [4.69, 9.17) is 4.74 Å². The number of benzene rings is 5. The highest BCUT2D eigenvalue weighted by atomic mass is 32.2. The number of nitrogens with zero attached hydrogens (tertiary/aromatic N) is 1. The highest BCUT2D eigenvalue weighted by Gasteiger charge is 2.29. The minimum atomic E-state index is 0.182. The summed E-state index contributed by atoms with van der Waals surface area (Å²) in [5.41, 5.74) is 6.49. The Hall–Kier alpha value is -3.67. The van der Waals surface area contributed by atoms with Crippen molar-refractivity contribution in [3.05, 3.63) is 179 Å². The first kappa shape index (κ1) is 30.8. The number of hydrogen-bond donors (Lipinski definition) is 1. The van der Waals surface area contributed by atoms with Crippen LogP contribution in [0.1, 0.15) is 27.8 Å². The number of thioether (sulfide) groups is 1. The average Bonchev–Trinajstić information content (AvgIpc) is 3.07. The second-order valence-corrected chi connectivity index (χ2v) is 12.1. The van der Waals surface area contributed by atoms with Gasteiger partial charge in [0, 0.05) is 43.2 Å². The van der Waals surface area contributed by atoms with E-state index in [2.05, 4.69) is 162 Å². The molecule has 220 valence electrons. The third kappa shape index (κ3) is 10.5.